The van der Waals surface area contributed by atoms with Crippen LogP contribution in [0.25, 0.3) is 4.85 Å². The van der Waals surface area contributed by atoms with E-state index in [4.69, 9.17) is 12.3 Å². The van der Waals surface area contributed by atoms with Crippen LogP contribution in [0.15, 0.2) is 0 Å². The van der Waals surface area contributed by atoms with Gasteiger partial charge in [0.2, 0.25) is 11.9 Å². The van der Waals surface area contributed by atoms with Gasteiger partial charge in [0.15, 0.2) is 0 Å². The van der Waals surface area contributed by atoms with Crippen LogP contribution in [0.3, 0.4) is 0 Å². The number of nitrogens with zero attached hydrogens (tertiary/aromatic N) is 1. The molecular formula is C16H23F3N2O. The molecule has 6 unspecified atom stereocenters. The molecule has 0 radical (unpaired) electrons. The zero-order chi connectivity index (χ0) is 16.5. The quantitative estimate of drug-likeness (QED) is 0.774. The average Bonchev–Trinajstić information content (AvgIpc) is 2.45. The van der Waals surface area contributed by atoms with Gasteiger partial charge in [-0.2, -0.15) is 13.2 Å². The maximum absolute atomic E-state index is 13.2. The van der Waals surface area contributed by atoms with E-state index in [1.807, 2.05) is 0 Å². The van der Waals surface area contributed by atoms with Gasteiger partial charge in [-0.3, -0.25) is 4.79 Å². The summed E-state index contributed by atoms with van der Waals surface area (Å²) in [5.74, 6) is -2.05. The molecule has 6 atom stereocenters. The highest BCUT2D eigenvalue weighted by Crippen LogP contribution is 2.48. The van der Waals surface area contributed by atoms with Crippen LogP contribution in [0.1, 0.15) is 45.4 Å². The third kappa shape index (κ3) is 3.56. The first-order valence-electron chi connectivity index (χ1n) is 7.96. The van der Waals surface area contributed by atoms with Crippen LogP contribution in [-0.2, 0) is 4.79 Å². The molecule has 2 saturated carbocycles. The van der Waals surface area contributed by atoms with Crippen molar-refractivity contribution in [1.29, 1.82) is 0 Å². The maximum atomic E-state index is 13.2. The lowest BCUT2D eigenvalue weighted by molar-refractivity contribution is -0.190. The van der Waals surface area contributed by atoms with Gasteiger partial charge in [0.05, 0.1) is 0 Å². The average molecular weight is 316 g/mol. The molecule has 2 N–H and O–H groups in total. The second kappa shape index (κ2) is 6.47. The Morgan fingerprint density at radius 1 is 1.18 bits per heavy atom. The highest BCUT2D eigenvalue weighted by atomic mass is 19.4. The van der Waals surface area contributed by atoms with Gasteiger partial charge in [0, 0.05) is 12.3 Å². The first-order valence-corrected chi connectivity index (χ1v) is 7.96. The fourth-order valence-electron chi connectivity index (χ4n) is 4.38. The first-order chi connectivity index (χ1) is 10.2. The summed E-state index contributed by atoms with van der Waals surface area (Å²) in [7, 11) is 0. The number of hydrogen-bond donors (Lipinski definition) is 1. The van der Waals surface area contributed by atoms with E-state index in [9.17, 15) is 18.0 Å². The van der Waals surface area contributed by atoms with Crippen molar-refractivity contribution in [2.24, 2.45) is 35.3 Å². The van der Waals surface area contributed by atoms with Crippen molar-refractivity contribution in [3.63, 3.8) is 0 Å². The molecule has 2 aliphatic carbocycles. The van der Waals surface area contributed by atoms with Crippen LogP contribution in [-0.4, -0.2) is 18.1 Å². The Morgan fingerprint density at radius 3 is 2.41 bits per heavy atom. The summed E-state index contributed by atoms with van der Waals surface area (Å²) in [5, 5.41) is 0. The third-order valence-corrected chi connectivity index (χ3v) is 5.58. The Bertz CT molecular complexity index is 457. The minimum Gasteiger partial charge on any atom is -0.369 e. The topological polar surface area (TPSA) is 47.5 Å². The van der Waals surface area contributed by atoms with E-state index < -0.39 is 18.1 Å². The molecule has 2 rings (SSSR count). The van der Waals surface area contributed by atoms with Gasteiger partial charge in [-0.05, 0) is 43.4 Å². The number of halogens is 3. The number of carbonyl (C=O) groups excluding carboxylic acids is 1. The number of carbonyl (C=O) groups is 1. The molecule has 0 aromatic carbocycles. The molecule has 124 valence electrons. The molecule has 0 bridgehead atoms. The Hall–Kier alpha value is -1.25. The minimum atomic E-state index is -4.34. The van der Waals surface area contributed by atoms with E-state index in [0.29, 0.717) is 18.8 Å². The van der Waals surface area contributed by atoms with Gasteiger partial charge in [-0.15, -0.1) is 0 Å². The van der Waals surface area contributed by atoms with E-state index in [1.54, 1.807) is 0 Å². The number of rotatable bonds is 2. The standard InChI is InChI=1S/C16H23F3N2O/c1-9-3-5-11(12(7-9)15(20)22)10-4-6-14(21-2)13(8-10)16(17,18)19/h9-14H,3-8H2,1H3,(H2,20,22). The highest BCUT2D eigenvalue weighted by Gasteiger charge is 2.53. The van der Waals surface area contributed by atoms with Gasteiger partial charge in [0.1, 0.15) is 5.92 Å². The van der Waals surface area contributed by atoms with Crippen molar-refractivity contribution >= 4 is 5.91 Å². The van der Waals surface area contributed by atoms with Crippen LogP contribution >= 0.6 is 0 Å². The molecular weight excluding hydrogens is 293 g/mol. The molecule has 0 saturated heterocycles. The lowest BCUT2D eigenvalue weighted by Crippen LogP contribution is -2.44. The van der Waals surface area contributed by atoms with Gasteiger partial charge >= 0.3 is 6.18 Å². The largest absolute Gasteiger partial charge is 0.399 e. The van der Waals surface area contributed by atoms with Gasteiger partial charge in [0.25, 0.3) is 0 Å². The molecule has 3 nitrogen and oxygen atoms in total. The molecule has 0 spiro atoms. The second-order valence-corrected chi connectivity index (χ2v) is 7.01. The first kappa shape index (κ1) is 17.1. The number of primary amides is 1. The van der Waals surface area contributed by atoms with Crippen LogP contribution in [0.5, 0.6) is 0 Å². The van der Waals surface area contributed by atoms with Crippen molar-refractivity contribution in [2.45, 2.75) is 57.7 Å². The van der Waals surface area contributed by atoms with E-state index in [1.165, 1.54) is 0 Å². The monoisotopic (exact) mass is 316 g/mol. The SMILES string of the molecule is [C-]#[N+]C1CCC(C2CCC(C)CC2C(N)=O)CC1C(F)(F)F. The van der Waals surface area contributed by atoms with E-state index in [2.05, 4.69) is 11.8 Å². The van der Waals surface area contributed by atoms with Crippen LogP contribution in [0, 0.1) is 36.2 Å². The predicted octanol–water partition coefficient (Wildman–Crippen LogP) is 3.79. The maximum Gasteiger partial charge on any atom is 0.399 e. The van der Waals surface area contributed by atoms with Crippen molar-refractivity contribution in [3.8, 4) is 0 Å². The third-order valence-electron chi connectivity index (χ3n) is 5.58. The van der Waals surface area contributed by atoms with Crippen molar-refractivity contribution < 1.29 is 18.0 Å². The molecule has 0 aromatic heterocycles. The van der Waals surface area contributed by atoms with E-state index in [0.717, 1.165) is 12.8 Å². The zero-order valence-electron chi connectivity index (χ0n) is 12.8. The van der Waals surface area contributed by atoms with Gasteiger partial charge < -0.3 is 10.6 Å². The molecule has 22 heavy (non-hydrogen) atoms. The number of alkyl halides is 3. The smallest absolute Gasteiger partial charge is 0.369 e. The second-order valence-electron chi connectivity index (χ2n) is 7.01. The Morgan fingerprint density at radius 2 is 1.86 bits per heavy atom. The molecule has 6 heteroatoms. The predicted molar refractivity (Wildman–Crippen MR) is 76.5 cm³/mol. The lowest BCUT2D eigenvalue weighted by Gasteiger charge is -2.41. The molecule has 2 fully saturated rings. The Kier molecular flexibility index (Phi) is 5.03. The summed E-state index contributed by atoms with van der Waals surface area (Å²) >= 11 is 0. The number of nitrogens with two attached hydrogens (primary N) is 1. The summed E-state index contributed by atoms with van der Waals surface area (Å²) in [6, 6.07) is -0.967. The molecule has 0 heterocycles. The number of hydrogen-bond acceptors (Lipinski definition) is 1. The number of amides is 1. The molecule has 0 aliphatic heterocycles. The van der Waals surface area contributed by atoms with Gasteiger partial charge in [-0.1, -0.05) is 13.3 Å². The molecule has 0 aromatic rings. The van der Waals surface area contributed by atoms with Gasteiger partial charge in [-0.25, -0.2) is 6.57 Å². The van der Waals surface area contributed by atoms with E-state index >= 15 is 0 Å². The minimum absolute atomic E-state index is 0.0284. The van der Waals surface area contributed by atoms with Crippen molar-refractivity contribution in [3.05, 3.63) is 11.4 Å². The Balaban J connectivity index is 2.15. The summed E-state index contributed by atoms with van der Waals surface area (Å²) in [6.07, 6.45) is -1.10. The normalized spacial score (nSPS) is 40.0. The van der Waals surface area contributed by atoms with E-state index in [-0.39, 0.29) is 36.5 Å². The van der Waals surface area contributed by atoms with Crippen LogP contribution in [0.4, 0.5) is 13.2 Å². The fraction of sp³-hybridized carbons (Fsp3) is 0.875. The lowest BCUT2D eigenvalue weighted by atomic mass is 9.63. The Labute approximate surface area is 129 Å². The summed E-state index contributed by atoms with van der Waals surface area (Å²) in [5.41, 5.74) is 5.49. The molecule has 2 aliphatic rings. The fourth-order valence-corrected chi connectivity index (χ4v) is 4.38. The van der Waals surface area contributed by atoms with Crippen LogP contribution in [0.2, 0.25) is 0 Å². The highest BCUT2D eigenvalue weighted by molar-refractivity contribution is 5.77. The molecule has 1 amide bonds. The summed E-state index contributed by atoms with van der Waals surface area (Å²) in [6.45, 7) is 9.06. The zero-order valence-corrected chi connectivity index (χ0v) is 12.8. The summed E-state index contributed by atoms with van der Waals surface area (Å²) < 4.78 is 39.6. The van der Waals surface area contributed by atoms with Crippen LogP contribution < -0.4 is 5.73 Å². The summed E-state index contributed by atoms with van der Waals surface area (Å²) in [4.78, 5) is 14.9. The van der Waals surface area contributed by atoms with Crippen molar-refractivity contribution in [2.75, 3.05) is 0 Å². The van der Waals surface area contributed by atoms with Crippen molar-refractivity contribution in [1.82, 2.24) is 0 Å².